The van der Waals surface area contributed by atoms with Crippen LogP contribution >= 0.6 is 11.6 Å². The van der Waals surface area contributed by atoms with Gasteiger partial charge in [0.2, 0.25) is 15.9 Å². The summed E-state index contributed by atoms with van der Waals surface area (Å²) in [4.78, 5) is 18.7. The van der Waals surface area contributed by atoms with Gasteiger partial charge in [-0.2, -0.15) is 45.3 Å². The highest BCUT2D eigenvalue weighted by atomic mass is 35.5. The summed E-state index contributed by atoms with van der Waals surface area (Å²) in [6, 6.07) is 5.23. The Labute approximate surface area is 376 Å². The van der Waals surface area contributed by atoms with Gasteiger partial charge in [0.15, 0.2) is 21.3 Å². The Hall–Kier alpha value is -5.41. The molecule has 0 aliphatic heterocycles. The van der Waals surface area contributed by atoms with Gasteiger partial charge in [0, 0.05) is 34.9 Å². The smallest absolute Gasteiger partial charge is 0.346 e. The fraction of sp³-hybridized carbons (Fsp3) is 0.415. The highest BCUT2D eigenvalue weighted by molar-refractivity contribution is 7.92. The highest BCUT2D eigenvalue weighted by Gasteiger charge is 2.58. The van der Waals surface area contributed by atoms with E-state index in [4.69, 9.17) is 11.6 Å². The largest absolute Gasteiger partial charge is 0.435 e. The predicted molar refractivity (Wildman–Crippen MR) is 223 cm³/mol. The standard InChI is InChI=1S/C41H38ClF10N7O5S2/c1-7-27-20(2)31-35(41(50,51)52)55-58(36(31)40(27,48)49)18-30(60)54-29(16-21-14-22(43)17-23(44)15-21)33-25(9-8-24(53-33)12-13-38(3,4)65(5,61)62)26-10-11-28(42)32-34(26)59(19-39(45,46)47)56-37(32)57-66(6,63)64/h8-11,14-15,17,20,27,29H,7,16,18-19H2,1-6H3,(H,54,60)(H,56,57)/t20-,27+,29-/m0/s1. The van der Waals surface area contributed by atoms with Gasteiger partial charge in [-0.25, -0.2) is 30.6 Å². The number of carbonyl (C=O) groups excluding carboxylic acids is 1. The van der Waals surface area contributed by atoms with Crippen molar-refractivity contribution in [3.63, 3.8) is 0 Å². The van der Waals surface area contributed by atoms with Crippen molar-refractivity contribution in [1.82, 2.24) is 29.9 Å². The van der Waals surface area contributed by atoms with Crippen molar-refractivity contribution in [2.75, 3.05) is 17.2 Å². The maximum Gasteiger partial charge on any atom is 0.435 e. The number of carbonyl (C=O) groups is 1. The molecule has 12 nitrogen and oxygen atoms in total. The molecule has 6 rings (SSSR count). The molecule has 0 fully saturated rings. The van der Waals surface area contributed by atoms with E-state index in [1.54, 1.807) is 0 Å². The zero-order valence-electron chi connectivity index (χ0n) is 35.4. The van der Waals surface area contributed by atoms with E-state index in [1.165, 1.54) is 45.9 Å². The molecule has 356 valence electrons. The molecule has 0 radical (unpaired) electrons. The molecule has 3 aromatic heterocycles. The first kappa shape index (κ1) is 50.0. The molecular weight excluding hydrogens is 960 g/mol. The number of benzene rings is 2. The zero-order chi connectivity index (χ0) is 49.3. The van der Waals surface area contributed by atoms with Gasteiger partial charge >= 0.3 is 12.4 Å². The first-order valence-electron chi connectivity index (χ1n) is 19.5. The molecule has 0 saturated carbocycles. The monoisotopic (exact) mass is 997 g/mol. The Morgan fingerprint density at radius 1 is 0.939 bits per heavy atom. The lowest BCUT2D eigenvalue weighted by molar-refractivity contribution is -0.143. The zero-order valence-corrected chi connectivity index (χ0v) is 37.7. The summed E-state index contributed by atoms with van der Waals surface area (Å²) in [6.07, 6.45) is -9.52. The van der Waals surface area contributed by atoms with E-state index in [0.29, 0.717) is 17.0 Å². The maximum atomic E-state index is 15.9. The summed E-state index contributed by atoms with van der Waals surface area (Å²) in [5.74, 6) is -5.86. The van der Waals surface area contributed by atoms with E-state index < -0.39 is 126 Å². The third kappa shape index (κ3) is 10.3. The van der Waals surface area contributed by atoms with E-state index in [9.17, 15) is 56.8 Å². The number of sulfone groups is 1. The van der Waals surface area contributed by atoms with E-state index in [-0.39, 0.29) is 49.6 Å². The summed E-state index contributed by atoms with van der Waals surface area (Å²) in [6.45, 7) is 1.96. The van der Waals surface area contributed by atoms with Crippen LogP contribution < -0.4 is 10.0 Å². The number of nitrogens with zero attached hydrogens (tertiary/aromatic N) is 5. The summed E-state index contributed by atoms with van der Waals surface area (Å²) < 4.78 is 197. The molecule has 2 N–H and O–H groups in total. The van der Waals surface area contributed by atoms with Crippen molar-refractivity contribution in [1.29, 1.82) is 0 Å². The molecule has 1 amide bonds. The Bertz CT molecular complexity index is 3030. The van der Waals surface area contributed by atoms with Gasteiger partial charge in [0.1, 0.15) is 40.9 Å². The molecule has 66 heavy (non-hydrogen) atoms. The van der Waals surface area contributed by atoms with E-state index in [1.807, 2.05) is 4.72 Å². The van der Waals surface area contributed by atoms with Crippen LogP contribution in [0.25, 0.3) is 22.0 Å². The van der Waals surface area contributed by atoms with Crippen LogP contribution in [0.1, 0.15) is 80.0 Å². The van der Waals surface area contributed by atoms with Gasteiger partial charge in [-0.1, -0.05) is 37.4 Å². The number of alkyl halides is 8. The number of hydrogen-bond donors (Lipinski definition) is 2. The van der Waals surface area contributed by atoms with Gasteiger partial charge < -0.3 is 5.32 Å². The van der Waals surface area contributed by atoms with Gasteiger partial charge in [-0.15, -0.1) is 0 Å². The highest BCUT2D eigenvalue weighted by Crippen LogP contribution is 2.57. The Balaban J connectivity index is 1.62. The number of amides is 1. The minimum atomic E-state index is -5.23. The van der Waals surface area contributed by atoms with Crippen molar-refractivity contribution in [3.8, 4) is 23.0 Å². The molecule has 2 aromatic carbocycles. The van der Waals surface area contributed by atoms with Crippen LogP contribution in [0, 0.1) is 29.4 Å². The molecule has 5 aromatic rings. The second kappa shape index (κ2) is 17.3. The lowest BCUT2D eigenvalue weighted by Gasteiger charge is -2.24. The van der Waals surface area contributed by atoms with Gasteiger partial charge in [-0.05, 0) is 74.4 Å². The van der Waals surface area contributed by atoms with Crippen LogP contribution in [-0.2, 0) is 56.3 Å². The number of anilines is 1. The van der Waals surface area contributed by atoms with Gasteiger partial charge in [0.25, 0.3) is 5.92 Å². The average Bonchev–Trinajstić information content (AvgIpc) is 3.77. The van der Waals surface area contributed by atoms with Crippen LogP contribution in [0.3, 0.4) is 0 Å². The number of hydrogen-bond acceptors (Lipinski definition) is 8. The van der Waals surface area contributed by atoms with E-state index in [2.05, 4.69) is 32.3 Å². The second-order valence-corrected chi connectivity index (χ2v) is 21.0. The quantitative estimate of drug-likeness (QED) is 0.0929. The van der Waals surface area contributed by atoms with Gasteiger partial charge in [0.05, 0.1) is 33.9 Å². The first-order valence-corrected chi connectivity index (χ1v) is 23.7. The Morgan fingerprint density at radius 3 is 2.12 bits per heavy atom. The molecule has 0 bridgehead atoms. The fourth-order valence-corrected chi connectivity index (χ4v) is 8.79. The van der Waals surface area contributed by atoms with Crippen molar-refractivity contribution >= 4 is 54.1 Å². The molecule has 1 aliphatic carbocycles. The van der Waals surface area contributed by atoms with Crippen LogP contribution in [0.4, 0.5) is 49.7 Å². The third-order valence-electron chi connectivity index (χ3n) is 10.9. The topological polar surface area (TPSA) is 158 Å². The predicted octanol–water partition coefficient (Wildman–Crippen LogP) is 8.69. The number of aromatic nitrogens is 5. The number of nitrogens with one attached hydrogen (secondary N) is 2. The Morgan fingerprint density at radius 2 is 1.56 bits per heavy atom. The van der Waals surface area contributed by atoms with Crippen molar-refractivity contribution < 1.29 is 65.5 Å². The third-order valence-corrected chi connectivity index (χ3v) is 13.8. The molecule has 3 atom stereocenters. The Kier molecular flexibility index (Phi) is 13.1. The molecular formula is C41H38ClF10N7O5S2. The number of halogens is 11. The first-order chi connectivity index (χ1) is 30.2. The molecule has 0 spiro atoms. The van der Waals surface area contributed by atoms with Crippen molar-refractivity contribution in [2.45, 2.75) is 88.6 Å². The van der Waals surface area contributed by atoms with Crippen molar-refractivity contribution in [3.05, 3.63) is 93.0 Å². The summed E-state index contributed by atoms with van der Waals surface area (Å²) in [5.41, 5.74) is -5.32. The number of pyridine rings is 1. The van der Waals surface area contributed by atoms with Crippen LogP contribution in [-0.4, -0.2) is 70.7 Å². The molecule has 0 saturated heterocycles. The molecule has 3 heterocycles. The average molecular weight is 998 g/mol. The summed E-state index contributed by atoms with van der Waals surface area (Å²) in [7, 11) is -8.07. The maximum absolute atomic E-state index is 15.9. The lowest BCUT2D eigenvalue weighted by atomic mass is 9.90. The van der Waals surface area contributed by atoms with Crippen LogP contribution in [0.2, 0.25) is 5.02 Å². The molecule has 25 heteroatoms. The summed E-state index contributed by atoms with van der Waals surface area (Å²) >= 11 is 6.47. The number of sulfonamides is 1. The summed E-state index contributed by atoms with van der Waals surface area (Å²) in [5, 5.41) is 9.07. The molecule has 1 aliphatic rings. The van der Waals surface area contributed by atoms with E-state index >= 15 is 8.78 Å². The van der Waals surface area contributed by atoms with Crippen molar-refractivity contribution in [2.24, 2.45) is 5.92 Å². The van der Waals surface area contributed by atoms with Crippen LogP contribution in [0.15, 0.2) is 42.5 Å². The SMILES string of the molecule is CC[C@@H]1[C@H](C)c2c(C(F)(F)F)nn(CC(=O)N[C@@H](Cc3cc(F)cc(F)c3)c3nc(C#CC(C)(C)S(C)(=O)=O)ccc3-c3ccc(Cl)c4c(NS(C)(=O)=O)nn(CC(F)(F)F)c34)c2C1(F)F. The lowest BCUT2D eigenvalue weighted by Crippen LogP contribution is -2.35. The molecule has 0 unspecified atom stereocenters. The minimum Gasteiger partial charge on any atom is -0.346 e. The fourth-order valence-electron chi connectivity index (χ4n) is 7.81. The van der Waals surface area contributed by atoms with E-state index in [0.717, 1.165) is 24.5 Å². The number of rotatable bonds is 12. The van der Waals surface area contributed by atoms with Crippen LogP contribution in [0.5, 0.6) is 0 Å². The second-order valence-electron chi connectivity index (χ2n) is 16.3. The minimum absolute atomic E-state index is 0.200. The number of fused-ring (bicyclic) bond motifs is 2. The normalized spacial score (nSPS) is 17.0. The van der Waals surface area contributed by atoms with Gasteiger partial charge in [-0.3, -0.25) is 18.9 Å².